The summed E-state index contributed by atoms with van der Waals surface area (Å²) < 4.78 is 12.9. The highest BCUT2D eigenvalue weighted by atomic mass is 32.1. The fourth-order valence-corrected chi connectivity index (χ4v) is 4.54. The molecule has 0 aromatic carbocycles. The number of likely N-dealkylation sites (tertiary alicyclic amines) is 1. The normalized spacial score (nSPS) is 27.7. The van der Waals surface area contributed by atoms with Crippen LogP contribution in [-0.2, 0) is 9.47 Å². The topological polar surface area (TPSA) is 56.1 Å². The van der Waals surface area contributed by atoms with Gasteiger partial charge in [0.2, 0.25) is 0 Å². The van der Waals surface area contributed by atoms with Crippen LogP contribution < -0.4 is 0 Å². The van der Waals surface area contributed by atoms with E-state index in [-0.39, 0.29) is 11.3 Å². The lowest BCUT2D eigenvalue weighted by Crippen LogP contribution is -2.37. The molecule has 0 N–H and O–H groups in total. The molecule has 6 nitrogen and oxygen atoms in total. The molecule has 1 amide bonds. The minimum atomic E-state index is -0.0449. The SMILES string of the molecule is COC[C@@]12COC[C@@H]1CN(C(=O)c1c(C)nc3sccn13)C2. The average molecular weight is 321 g/mol. The van der Waals surface area contributed by atoms with Gasteiger partial charge in [0.15, 0.2) is 4.96 Å². The first kappa shape index (κ1) is 14.2. The lowest BCUT2D eigenvalue weighted by atomic mass is 9.82. The van der Waals surface area contributed by atoms with E-state index >= 15 is 0 Å². The van der Waals surface area contributed by atoms with E-state index < -0.39 is 0 Å². The van der Waals surface area contributed by atoms with Gasteiger partial charge < -0.3 is 14.4 Å². The Morgan fingerprint density at radius 2 is 2.50 bits per heavy atom. The summed E-state index contributed by atoms with van der Waals surface area (Å²) >= 11 is 1.55. The molecule has 2 atom stereocenters. The Hall–Kier alpha value is -1.44. The molecule has 0 bridgehead atoms. The molecule has 2 aromatic rings. The van der Waals surface area contributed by atoms with Gasteiger partial charge in [-0.1, -0.05) is 0 Å². The van der Waals surface area contributed by atoms with E-state index in [0.717, 1.165) is 17.2 Å². The van der Waals surface area contributed by atoms with Crippen LogP contribution in [0, 0.1) is 18.3 Å². The highest BCUT2D eigenvalue weighted by Gasteiger charge is 2.52. The van der Waals surface area contributed by atoms with Crippen LogP contribution in [-0.4, -0.2) is 60.2 Å². The Kier molecular flexibility index (Phi) is 3.25. The minimum Gasteiger partial charge on any atom is -0.384 e. The number of hydrogen-bond acceptors (Lipinski definition) is 5. The molecule has 0 unspecified atom stereocenters. The summed E-state index contributed by atoms with van der Waals surface area (Å²) in [6, 6.07) is 0. The molecule has 0 spiro atoms. The molecule has 0 radical (unpaired) electrons. The maximum absolute atomic E-state index is 13.0. The van der Waals surface area contributed by atoms with Gasteiger partial charge in [-0.2, -0.15) is 0 Å². The number of ether oxygens (including phenoxy) is 2. The number of hydrogen-bond donors (Lipinski definition) is 0. The van der Waals surface area contributed by atoms with E-state index in [1.807, 2.05) is 27.8 Å². The number of imidazole rings is 1. The van der Waals surface area contributed by atoms with Crippen LogP contribution in [0.25, 0.3) is 4.96 Å². The largest absolute Gasteiger partial charge is 0.384 e. The maximum atomic E-state index is 13.0. The Labute approximate surface area is 132 Å². The summed E-state index contributed by atoms with van der Waals surface area (Å²) in [7, 11) is 1.71. The van der Waals surface area contributed by atoms with Crippen molar-refractivity contribution in [2.24, 2.45) is 11.3 Å². The van der Waals surface area contributed by atoms with E-state index in [9.17, 15) is 4.79 Å². The third kappa shape index (κ3) is 1.92. The van der Waals surface area contributed by atoms with Crippen LogP contribution >= 0.6 is 11.3 Å². The molecule has 4 heterocycles. The van der Waals surface area contributed by atoms with Crippen molar-refractivity contribution in [1.29, 1.82) is 0 Å². The van der Waals surface area contributed by atoms with Gasteiger partial charge in [-0.15, -0.1) is 11.3 Å². The van der Waals surface area contributed by atoms with Gasteiger partial charge >= 0.3 is 0 Å². The highest BCUT2D eigenvalue weighted by Crippen LogP contribution is 2.42. The maximum Gasteiger partial charge on any atom is 0.272 e. The molecule has 2 fully saturated rings. The van der Waals surface area contributed by atoms with E-state index in [0.29, 0.717) is 38.0 Å². The average Bonchev–Trinajstić information content (AvgIpc) is 3.17. The number of aryl methyl sites for hydroxylation is 1. The van der Waals surface area contributed by atoms with Gasteiger partial charge in [0.05, 0.1) is 25.5 Å². The van der Waals surface area contributed by atoms with Gasteiger partial charge in [-0.3, -0.25) is 9.20 Å². The van der Waals surface area contributed by atoms with Crippen molar-refractivity contribution in [3.63, 3.8) is 0 Å². The van der Waals surface area contributed by atoms with Gasteiger partial charge in [0, 0.05) is 43.1 Å². The Bertz CT molecular complexity index is 725. The van der Waals surface area contributed by atoms with Gasteiger partial charge in [-0.25, -0.2) is 4.98 Å². The first-order chi connectivity index (χ1) is 10.6. The summed E-state index contributed by atoms with van der Waals surface area (Å²) in [4.78, 5) is 20.3. The van der Waals surface area contributed by atoms with Gasteiger partial charge in [-0.05, 0) is 6.92 Å². The Morgan fingerprint density at radius 3 is 3.32 bits per heavy atom. The van der Waals surface area contributed by atoms with Crippen molar-refractivity contribution < 1.29 is 14.3 Å². The summed E-state index contributed by atoms with van der Waals surface area (Å²) in [6.45, 7) is 5.36. The molecule has 2 aliphatic rings. The molecule has 118 valence electrons. The van der Waals surface area contributed by atoms with Gasteiger partial charge in [0.25, 0.3) is 5.91 Å². The number of carbonyl (C=O) groups excluding carboxylic acids is 1. The number of thiazole rings is 1. The van der Waals surface area contributed by atoms with E-state index in [1.54, 1.807) is 18.4 Å². The molecule has 2 saturated heterocycles. The number of amides is 1. The predicted molar refractivity (Wildman–Crippen MR) is 82.3 cm³/mol. The molecule has 2 aromatic heterocycles. The molecular formula is C15H19N3O3S. The van der Waals surface area contributed by atoms with Crippen LogP contribution in [0.1, 0.15) is 16.2 Å². The molecule has 22 heavy (non-hydrogen) atoms. The minimum absolute atomic E-state index is 0.0449. The number of nitrogens with zero attached hydrogens (tertiary/aromatic N) is 3. The van der Waals surface area contributed by atoms with Gasteiger partial charge in [0.1, 0.15) is 5.69 Å². The van der Waals surface area contributed by atoms with Crippen LogP contribution in [0.3, 0.4) is 0 Å². The van der Waals surface area contributed by atoms with Crippen molar-refractivity contribution in [2.45, 2.75) is 6.92 Å². The summed E-state index contributed by atoms with van der Waals surface area (Å²) in [5.74, 6) is 0.427. The second kappa shape index (κ2) is 5.04. The smallest absolute Gasteiger partial charge is 0.272 e. The number of aromatic nitrogens is 2. The Balaban J connectivity index is 1.64. The van der Waals surface area contributed by atoms with Crippen LogP contribution in [0.2, 0.25) is 0 Å². The summed E-state index contributed by atoms with van der Waals surface area (Å²) in [5, 5.41) is 1.96. The Morgan fingerprint density at radius 1 is 1.64 bits per heavy atom. The van der Waals surface area contributed by atoms with Crippen molar-refractivity contribution in [2.75, 3.05) is 40.0 Å². The molecule has 4 rings (SSSR count). The van der Waals surface area contributed by atoms with E-state index in [1.165, 1.54) is 0 Å². The molecule has 2 aliphatic heterocycles. The molecular weight excluding hydrogens is 302 g/mol. The first-order valence-corrected chi connectivity index (χ1v) is 8.31. The fourth-order valence-electron chi connectivity index (χ4n) is 3.78. The second-order valence-electron chi connectivity index (χ2n) is 6.29. The zero-order chi connectivity index (χ0) is 15.3. The summed E-state index contributed by atoms with van der Waals surface area (Å²) in [5.41, 5.74) is 1.44. The first-order valence-electron chi connectivity index (χ1n) is 7.43. The molecule has 0 saturated carbocycles. The summed E-state index contributed by atoms with van der Waals surface area (Å²) in [6.07, 6.45) is 1.91. The zero-order valence-corrected chi connectivity index (χ0v) is 13.6. The van der Waals surface area contributed by atoms with Crippen LogP contribution in [0.15, 0.2) is 11.6 Å². The predicted octanol–water partition coefficient (Wildman–Crippen LogP) is 1.44. The van der Waals surface area contributed by atoms with E-state index in [4.69, 9.17) is 9.47 Å². The van der Waals surface area contributed by atoms with Crippen LogP contribution in [0.5, 0.6) is 0 Å². The lowest BCUT2D eigenvalue weighted by Gasteiger charge is -2.25. The van der Waals surface area contributed by atoms with Crippen molar-refractivity contribution in [1.82, 2.24) is 14.3 Å². The number of fused-ring (bicyclic) bond motifs is 2. The number of rotatable bonds is 3. The molecule has 7 heteroatoms. The second-order valence-corrected chi connectivity index (χ2v) is 7.17. The van der Waals surface area contributed by atoms with Crippen molar-refractivity contribution in [3.8, 4) is 0 Å². The highest BCUT2D eigenvalue weighted by molar-refractivity contribution is 7.15. The third-order valence-corrected chi connectivity index (χ3v) is 5.64. The van der Waals surface area contributed by atoms with Crippen LogP contribution in [0.4, 0.5) is 0 Å². The quantitative estimate of drug-likeness (QED) is 0.858. The lowest BCUT2D eigenvalue weighted by molar-refractivity contribution is 0.0486. The van der Waals surface area contributed by atoms with Crippen molar-refractivity contribution >= 4 is 22.2 Å². The fraction of sp³-hybridized carbons (Fsp3) is 0.600. The third-order valence-electron chi connectivity index (χ3n) is 4.88. The monoisotopic (exact) mass is 321 g/mol. The number of carbonyl (C=O) groups is 1. The number of methoxy groups -OCH3 is 1. The van der Waals surface area contributed by atoms with Crippen molar-refractivity contribution in [3.05, 3.63) is 23.0 Å². The van der Waals surface area contributed by atoms with E-state index in [2.05, 4.69) is 4.98 Å². The zero-order valence-electron chi connectivity index (χ0n) is 12.7. The molecule has 0 aliphatic carbocycles. The standard InChI is InChI=1S/C15H19N3O3S/c1-10-12(18-3-4-22-14(18)16-10)13(19)17-5-11-6-21-9-15(11,7-17)8-20-2/h3-4,11H,5-9H2,1-2H3/t11-,15-/m0/s1.